The van der Waals surface area contributed by atoms with Gasteiger partial charge in [-0.25, -0.2) is 0 Å². The molecule has 0 bridgehead atoms. The van der Waals surface area contributed by atoms with Crippen molar-refractivity contribution in [3.63, 3.8) is 0 Å². The lowest BCUT2D eigenvalue weighted by Gasteiger charge is -2.35. The van der Waals surface area contributed by atoms with Gasteiger partial charge >= 0.3 is 0 Å². The molecule has 330 valence electrons. The van der Waals surface area contributed by atoms with Crippen molar-refractivity contribution in [3.05, 3.63) is 285 Å². The summed E-state index contributed by atoms with van der Waals surface area (Å²) in [7, 11) is -5.73. The van der Waals surface area contributed by atoms with Gasteiger partial charge in [-0.05, 0) is 83.0 Å². The molecule has 0 fully saturated rings. The molecule has 0 unspecified atom stereocenters. The van der Waals surface area contributed by atoms with Crippen molar-refractivity contribution in [2.45, 2.75) is 0 Å². The minimum Gasteiger partial charge on any atom is -0.309 e. The Morgan fingerprint density at radius 1 is 0.271 bits per heavy atom. The predicted octanol–water partition coefficient (Wildman–Crippen LogP) is 11.6. The van der Waals surface area contributed by atoms with E-state index < -0.39 is 16.1 Å². The quantitative estimate of drug-likeness (QED) is 0.0951. The molecule has 0 radical (unpaired) electrons. The molecule has 0 saturated carbocycles. The van der Waals surface area contributed by atoms with Gasteiger partial charge in [0.15, 0.2) is 16.1 Å². The lowest BCUT2D eigenvalue weighted by atomic mass is 10.1. The molecule has 0 saturated heterocycles. The first-order chi connectivity index (χ1) is 34.7. The van der Waals surface area contributed by atoms with E-state index in [4.69, 9.17) is 0 Å². The molecule has 1 nitrogen and oxygen atoms in total. The smallest absolute Gasteiger partial charge is 0.181 e. The first kappa shape index (κ1) is 42.0. The number of benzene rings is 11. The molecule has 0 aliphatic rings. The molecule has 0 N–H and O–H groups in total. The van der Waals surface area contributed by atoms with Crippen molar-refractivity contribution in [2.75, 3.05) is 0 Å². The molecule has 0 aliphatic heterocycles. The van der Waals surface area contributed by atoms with E-state index >= 15 is 0 Å². The van der Waals surface area contributed by atoms with E-state index in [2.05, 4.69) is 290 Å². The Bertz CT molecular complexity index is 3840. The summed E-state index contributed by atoms with van der Waals surface area (Å²) in [4.78, 5) is 0. The SMILES string of the molecule is c1ccc([Si](c2ccccc2)(c2ccc(-c3ccc([Si](c4ccccc4)(c4ccccc4)c4cccc5c4sc4ccccc45)cc3)cc2)c2cccc(-n3c4ccccc4c4ccccc43)c2)cc1. The molecule has 0 spiro atoms. The maximum Gasteiger partial charge on any atom is 0.181 e. The van der Waals surface area contributed by atoms with Gasteiger partial charge in [0.05, 0.1) is 11.0 Å². The summed E-state index contributed by atoms with van der Waals surface area (Å²) < 4.78 is 5.16. The molecule has 0 atom stereocenters. The van der Waals surface area contributed by atoms with Gasteiger partial charge in [0.1, 0.15) is 0 Å². The van der Waals surface area contributed by atoms with E-state index in [9.17, 15) is 0 Å². The van der Waals surface area contributed by atoms with Gasteiger partial charge in [0, 0.05) is 36.6 Å². The van der Waals surface area contributed by atoms with Crippen LogP contribution in [0.3, 0.4) is 0 Å². The number of thiophene rings is 1. The van der Waals surface area contributed by atoms with Crippen LogP contribution >= 0.6 is 11.3 Å². The molecule has 0 aliphatic carbocycles. The number of para-hydroxylation sites is 2. The van der Waals surface area contributed by atoms with Gasteiger partial charge in [0.25, 0.3) is 0 Å². The number of rotatable bonds is 10. The highest BCUT2D eigenvalue weighted by Crippen LogP contribution is 2.35. The normalized spacial score (nSPS) is 12.0. The number of fused-ring (bicyclic) bond motifs is 6. The van der Waals surface area contributed by atoms with Crippen LogP contribution in [0.15, 0.2) is 285 Å². The third-order valence-corrected chi connectivity index (χ3v) is 25.7. The van der Waals surface area contributed by atoms with E-state index in [1.807, 2.05) is 11.3 Å². The second-order valence-electron chi connectivity index (χ2n) is 18.3. The molecule has 13 rings (SSSR count). The third-order valence-electron chi connectivity index (χ3n) is 14.7. The second kappa shape index (κ2) is 17.4. The Labute approximate surface area is 414 Å². The minimum absolute atomic E-state index is 1.17. The summed E-state index contributed by atoms with van der Waals surface area (Å²) in [5.74, 6) is 0. The number of aromatic nitrogens is 1. The fourth-order valence-corrected chi connectivity index (χ4v) is 23.0. The fraction of sp³-hybridized carbons (Fsp3) is 0. The van der Waals surface area contributed by atoms with Crippen LogP contribution in [0.4, 0.5) is 0 Å². The molecule has 70 heavy (non-hydrogen) atoms. The highest BCUT2D eigenvalue weighted by Gasteiger charge is 2.44. The van der Waals surface area contributed by atoms with E-state index in [0.29, 0.717) is 0 Å². The summed E-state index contributed by atoms with van der Waals surface area (Å²) in [6.07, 6.45) is 0. The summed E-state index contributed by atoms with van der Waals surface area (Å²) in [6.45, 7) is 0. The zero-order valence-electron chi connectivity index (χ0n) is 38.5. The average molecular weight is 942 g/mol. The first-order valence-corrected chi connectivity index (χ1v) is 29.0. The predicted molar refractivity (Wildman–Crippen MR) is 306 cm³/mol. The van der Waals surface area contributed by atoms with Gasteiger partial charge < -0.3 is 4.57 Å². The first-order valence-electron chi connectivity index (χ1n) is 24.2. The van der Waals surface area contributed by atoms with Crippen LogP contribution in [0.1, 0.15) is 0 Å². The van der Waals surface area contributed by atoms with Gasteiger partial charge in [-0.2, -0.15) is 0 Å². The fourth-order valence-electron chi connectivity index (χ4n) is 11.7. The molecule has 4 heteroatoms. The molecule has 0 amide bonds. The van der Waals surface area contributed by atoms with Crippen LogP contribution < -0.4 is 41.5 Å². The lowest BCUT2D eigenvalue weighted by molar-refractivity contribution is 1.18. The van der Waals surface area contributed by atoms with E-state index in [-0.39, 0.29) is 0 Å². The number of hydrogen-bond donors (Lipinski definition) is 0. The van der Waals surface area contributed by atoms with Crippen LogP contribution in [0.2, 0.25) is 0 Å². The Morgan fingerprint density at radius 2 is 0.657 bits per heavy atom. The topological polar surface area (TPSA) is 4.93 Å². The molecule has 11 aromatic carbocycles. The molecule has 13 aromatic rings. The van der Waals surface area contributed by atoms with Crippen LogP contribution in [-0.4, -0.2) is 20.7 Å². The monoisotopic (exact) mass is 941 g/mol. The van der Waals surface area contributed by atoms with Crippen molar-refractivity contribution in [3.8, 4) is 16.8 Å². The van der Waals surface area contributed by atoms with Crippen LogP contribution in [0.5, 0.6) is 0 Å². The Balaban J connectivity index is 0.970. The second-order valence-corrected chi connectivity index (χ2v) is 27.0. The van der Waals surface area contributed by atoms with Gasteiger partial charge in [0.2, 0.25) is 0 Å². The summed E-state index contributed by atoms with van der Waals surface area (Å²) in [6, 6.07) is 107. The Hall–Kier alpha value is -8.13. The Morgan fingerprint density at radius 3 is 1.19 bits per heavy atom. The van der Waals surface area contributed by atoms with Crippen molar-refractivity contribution in [1.82, 2.24) is 4.57 Å². The van der Waals surface area contributed by atoms with Crippen molar-refractivity contribution in [1.29, 1.82) is 0 Å². The Kier molecular flexibility index (Phi) is 10.5. The van der Waals surface area contributed by atoms with E-state index in [1.54, 1.807) is 0 Å². The van der Waals surface area contributed by atoms with Gasteiger partial charge in [-0.15, -0.1) is 11.3 Å². The third kappa shape index (κ3) is 6.63. The number of hydrogen-bond acceptors (Lipinski definition) is 1. The van der Waals surface area contributed by atoms with E-state index in [0.717, 1.165) is 0 Å². The summed E-state index contributed by atoms with van der Waals surface area (Å²) >= 11 is 1.93. The van der Waals surface area contributed by atoms with Gasteiger partial charge in [-0.1, -0.05) is 255 Å². The largest absolute Gasteiger partial charge is 0.309 e. The standard InChI is InChI=1S/C66H47NSSi2/c1-5-22-51(23-6-1)69(52-24-7-2-8-25-52,57-30-19-21-50(47-57)67-62-35-16-13-31-58(62)59-32-14-17-36-63(59)67)55-43-39-48(40-44-55)49-41-45-56(46-42-49)70(53-26-9-3-10-27-53,54-28-11-4-12-29-54)65-38-20-34-61-60-33-15-18-37-64(60)68-66(61)65/h1-47H. The minimum atomic E-state index is -2.89. The zero-order valence-corrected chi connectivity index (χ0v) is 41.3. The highest BCUT2D eigenvalue weighted by molar-refractivity contribution is 7.30. The van der Waals surface area contributed by atoms with Crippen molar-refractivity contribution < 1.29 is 0 Å². The van der Waals surface area contributed by atoms with Crippen molar-refractivity contribution >= 4 is 111 Å². The molecule has 2 heterocycles. The number of nitrogens with zero attached hydrogens (tertiary/aromatic N) is 1. The average Bonchev–Trinajstić information content (AvgIpc) is 4.00. The molecular weight excluding hydrogens is 895 g/mol. The van der Waals surface area contributed by atoms with Crippen LogP contribution in [0, 0.1) is 0 Å². The zero-order chi connectivity index (χ0) is 46.5. The maximum atomic E-state index is 2.48. The van der Waals surface area contributed by atoms with E-state index in [1.165, 1.54) is 100 Å². The van der Waals surface area contributed by atoms with Crippen LogP contribution in [0.25, 0.3) is 58.8 Å². The molecular formula is C66H47NSSi2. The van der Waals surface area contributed by atoms with Crippen LogP contribution in [-0.2, 0) is 0 Å². The summed E-state index contributed by atoms with van der Waals surface area (Å²) in [5.41, 5.74) is 6.01. The lowest BCUT2D eigenvalue weighted by Crippen LogP contribution is -2.74. The maximum absolute atomic E-state index is 2.89. The molecule has 2 aromatic heterocycles. The van der Waals surface area contributed by atoms with Crippen molar-refractivity contribution in [2.24, 2.45) is 0 Å². The summed E-state index contributed by atoms with van der Waals surface area (Å²) in [5, 5.41) is 16.2. The van der Waals surface area contributed by atoms with Gasteiger partial charge in [-0.3, -0.25) is 0 Å². The highest BCUT2D eigenvalue weighted by atomic mass is 32.1.